The van der Waals surface area contributed by atoms with E-state index < -0.39 is 31.1 Å². The van der Waals surface area contributed by atoms with E-state index in [2.05, 4.69) is 0 Å². The van der Waals surface area contributed by atoms with Gasteiger partial charge in [0.05, 0.1) is 15.2 Å². The number of hydrogen-bond donors (Lipinski definition) is 2. The predicted molar refractivity (Wildman–Crippen MR) is 176 cm³/mol. The summed E-state index contributed by atoms with van der Waals surface area (Å²) in [5.74, 6) is 0. The van der Waals surface area contributed by atoms with Gasteiger partial charge in [-0.2, -0.15) is 21.4 Å². The van der Waals surface area contributed by atoms with Crippen LogP contribution in [-0.4, -0.2) is 79.9 Å². The van der Waals surface area contributed by atoms with Crippen molar-refractivity contribution in [2.24, 2.45) is 0 Å². The molecule has 3 aliphatic rings. The predicted octanol–water partition coefficient (Wildman–Crippen LogP) is 6.28. The Kier molecular flexibility index (Phi) is 9.48. The van der Waals surface area contributed by atoms with Crippen LogP contribution in [0.15, 0.2) is 92.4 Å². The molecule has 2 aromatic carbocycles. The second-order valence-electron chi connectivity index (χ2n) is 12.3. The minimum atomic E-state index is -4.32. The van der Waals surface area contributed by atoms with Gasteiger partial charge in [0.2, 0.25) is 5.69 Å². The normalized spacial score (nSPS) is 21.3. The monoisotopic (exact) mass is 666 g/mol. The van der Waals surface area contributed by atoms with Crippen molar-refractivity contribution in [1.82, 2.24) is 0 Å². The maximum Gasteiger partial charge on any atom is 0.294 e. The molecular formula is C32H36ClN2NaO6S2+. The number of anilines is 1. The van der Waals surface area contributed by atoms with Crippen molar-refractivity contribution in [3.63, 3.8) is 0 Å². The largest absolute Gasteiger partial charge is 0.347 e. The Morgan fingerprint density at radius 2 is 1.45 bits per heavy atom. The topological polar surface area (TPSA) is 115 Å². The van der Waals surface area contributed by atoms with Crippen LogP contribution < -0.4 is 4.90 Å². The molecule has 1 radical (unpaired) electrons. The first-order valence-corrected chi connectivity index (χ1v) is 17.2. The van der Waals surface area contributed by atoms with E-state index in [1.807, 2.05) is 75.6 Å². The van der Waals surface area contributed by atoms with Crippen LogP contribution in [0.25, 0.3) is 0 Å². The number of rotatable bonds is 5. The fourth-order valence-corrected chi connectivity index (χ4v) is 7.85. The first-order valence-electron chi connectivity index (χ1n) is 13.9. The number of nitrogens with zero attached hydrogens (tertiary/aromatic N) is 2. The van der Waals surface area contributed by atoms with Gasteiger partial charge in [0, 0.05) is 76.1 Å². The molecule has 0 spiro atoms. The van der Waals surface area contributed by atoms with Crippen LogP contribution in [0.2, 0.25) is 0 Å². The van der Waals surface area contributed by atoms with Gasteiger partial charge in [-0.3, -0.25) is 9.11 Å². The van der Waals surface area contributed by atoms with Crippen molar-refractivity contribution >= 4 is 78.5 Å². The van der Waals surface area contributed by atoms with Crippen LogP contribution in [0.4, 0.5) is 11.4 Å². The van der Waals surface area contributed by atoms with Gasteiger partial charge in [-0.05, 0) is 86.2 Å². The first-order chi connectivity index (χ1) is 19.8. The average Bonchev–Trinajstić information content (AvgIpc) is 3.23. The number of likely N-dealkylation sites (N-methyl/N-ethyl adjacent to an activating group) is 1. The third-order valence-corrected chi connectivity index (χ3v) is 11.1. The van der Waals surface area contributed by atoms with Gasteiger partial charge in [-0.1, -0.05) is 37.6 Å². The zero-order valence-electron chi connectivity index (χ0n) is 26.0. The van der Waals surface area contributed by atoms with Gasteiger partial charge in [-0.25, -0.2) is 0 Å². The Morgan fingerprint density at radius 3 is 2.07 bits per heavy atom. The molecule has 229 valence electrons. The number of halogens is 1. The van der Waals surface area contributed by atoms with Crippen LogP contribution >= 0.6 is 11.6 Å². The maximum absolute atomic E-state index is 11.8. The van der Waals surface area contributed by atoms with Crippen molar-refractivity contribution in [1.29, 1.82) is 0 Å². The summed E-state index contributed by atoms with van der Waals surface area (Å²) < 4.78 is 68.2. The van der Waals surface area contributed by atoms with Gasteiger partial charge < -0.3 is 4.90 Å². The Hall–Kier alpha value is -2.02. The third kappa shape index (κ3) is 6.08. The maximum atomic E-state index is 11.8. The van der Waals surface area contributed by atoms with E-state index in [0.29, 0.717) is 5.03 Å². The van der Waals surface area contributed by atoms with Gasteiger partial charge in [0.15, 0.2) is 5.71 Å². The Morgan fingerprint density at radius 1 is 0.864 bits per heavy atom. The molecule has 2 heterocycles. The van der Waals surface area contributed by atoms with E-state index in [4.69, 9.17) is 11.6 Å². The van der Waals surface area contributed by atoms with Gasteiger partial charge >= 0.3 is 0 Å². The third-order valence-electron chi connectivity index (χ3n) is 8.95. The number of allylic oxidation sites excluding steroid dienone is 8. The van der Waals surface area contributed by atoms with Crippen molar-refractivity contribution < 1.29 is 30.5 Å². The molecular weight excluding hydrogens is 631 g/mol. The van der Waals surface area contributed by atoms with E-state index in [1.54, 1.807) is 12.1 Å². The molecule has 0 amide bonds. The van der Waals surface area contributed by atoms with Crippen molar-refractivity contribution in [3.05, 3.63) is 93.7 Å². The summed E-state index contributed by atoms with van der Waals surface area (Å²) in [5, 5.41) is 0.689. The number of fused-ring (bicyclic) bond motifs is 2. The molecule has 0 unspecified atom stereocenters. The zero-order chi connectivity index (χ0) is 31.7. The van der Waals surface area contributed by atoms with E-state index >= 15 is 0 Å². The van der Waals surface area contributed by atoms with Gasteiger partial charge in [0.25, 0.3) is 20.2 Å². The van der Waals surface area contributed by atoms with Crippen LogP contribution in [0.5, 0.6) is 0 Å². The molecule has 2 aromatic rings. The van der Waals surface area contributed by atoms with Gasteiger partial charge in [-0.15, -0.1) is 0 Å². The molecule has 5 rings (SSSR count). The summed E-state index contributed by atoms with van der Waals surface area (Å²) in [7, 11) is -4.76. The van der Waals surface area contributed by atoms with Crippen molar-refractivity contribution in [2.75, 3.05) is 19.0 Å². The molecule has 8 nitrogen and oxygen atoms in total. The quantitative estimate of drug-likeness (QED) is 0.219. The van der Waals surface area contributed by atoms with E-state index in [9.17, 15) is 25.9 Å². The summed E-state index contributed by atoms with van der Waals surface area (Å²) >= 11 is 6.96. The number of hydrogen-bond acceptors (Lipinski definition) is 5. The average molecular weight is 667 g/mol. The molecule has 0 bridgehead atoms. The molecule has 1 aliphatic carbocycles. The standard InChI is InChI=1S/C32H35ClN2O6S2.Na/c1-31(2)24-18-22(42(36,37)38)12-14-26(24)34(5)28(31)16-10-20-8-7-9-21(30(20)33)11-17-29-32(3,4)25-19-23(43(39,40)41)13-15-27(25)35(29)6;/h10-19H,7-9H2,1-6H3,(H-,36,37,38,39,40,41);/p+1. The fraction of sp³-hybridized carbons (Fsp3) is 0.344. The van der Waals surface area contributed by atoms with Crippen LogP contribution in [0.3, 0.4) is 0 Å². The second-order valence-corrected chi connectivity index (χ2v) is 15.6. The minimum Gasteiger partial charge on any atom is -0.347 e. The fourth-order valence-electron chi connectivity index (χ4n) is 6.52. The second kappa shape index (κ2) is 12.0. The van der Waals surface area contributed by atoms with Crippen LogP contribution in [0.1, 0.15) is 58.1 Å². The van der Waals surface area contributed by atoms with Crippen LogP contribution in [-0.2, 0) is 31.1 Å². The van der Waals surface area contributed by atoms with Crippen molar-refractivity contribution in [3.8, 4) is 0 Å². The van der Waals surface area contributed by atoms with E-state index in [0.717, 1.165) is 64.3 Å². The summed E-state index contributed by atoms with van der Waals surface area (Å²) in [6, 6.07) is 9.32. The van der Waals surface area contributed by atoms with Crippen LogP contribution in [0, 0.1) is 0 Å². The molecule has 0 saturated carbocycles. The SMILES string of the molecule is CN1/C(=C/C=C2\CCCC(/C=C/C3=[N+](C)c4ccc(S(=O)(=O)O)cc4C3(C)C)=C2Cl)C(C)(C)c2cc(S(=O)(=O)O)ccc21.[Na]. The summed E-state index contributed by atoms with van der Waals surface area (Å²) in [6.07, 6.45) is 10.7. The summed E-state index contributed by atoms with van der Waals surface area (Å²) in [5.41, 5.74) is 6.32. The molecule has 2 aliphatic heterocycles. The van der Waals surface area contributed by atoms with Gasteiger partial charge in [0.1, 0.15) is 7.05 Å². The molecule has 12 heteroatoms. The smallest absolute Gasteiger partial charge is 0.294 e. The Labute approximate surface area is 287 Å². The molecule has 2 N–H and O–H groups in total. The Bertz CT molecular complexity index is 1940. The minimum absolute atomic E-state index is 0. The summed E-state index contributed by atoms with van der Waals surface area (Å²) in [6.45, 7) is 8.09. The molecule has 0 saturated heterocycles. The number of benzene rings is 2. The van der Waals surface area contributed by atoms with E-state index in [1.165, 1.54) is 24.3 Å². The van der Waals surface area contributed by atoms with Crippen molar-refractivity contribution in [2.45, 2.75) is 67.6 Å². The molecule has 0 fully saturated rings. The summed E-state index contributed by atoms with van der Waals surface area (Å²) in [4.78, 5) is 1.78. The van der Waals surface area contributed by atoms with E-state index in [-0.39, 0.29) is 39.3 Å². The Balaban J connectivity index is 0.00000442. The zero-order valence-corrected chi connectivity index (χ0v) is 30.4. The molecule has 44 heavy (non-hydrogen) atoms. The first kappa shape index (κ1) is 34.8. The molecule has 0 aromatic heterocycles. The molecule has 0 atom stereocenters.